The van der Waals surface area contributed by atoms with Gasteiger partial charge in [-0.15, -0.1) is 0 Å². The number of primary amides is 1. The molecule has 0 atom stereocenters. The molecule has 0 saturated heterocycles. The smallest absolute Gasteiger partial charge is 0.252 e. The molecule has 1 rings (SSSR count). The molecule has 3 nitrogen and oxygen atoms in total. The van der Waals surface area contributed by atoms with Crippen molar-refractivity contribution in [3.63, 3.8) is 0 Å². The van der Waals surface area contributed by atoms with Gasteiger partial charge in [0.2, 0.25) is 0 Å². The summed E-state index contributed by atoms with van der Waals surface area (Å²) in [6, 6.07) is 1.66. The Bertz CT molecular complexity index is 280. The van der Waals surface area contributed by atoms with Crippen LogP contribution in [0.1, 0.15) is 10.4 Å². The average Bonchev–Trinajstić information content (AvgIpc) is 1.85. The summed E-state index contributed by atoms with van der Waals surface area (Å²) in [5, 5.41) is 0. The Labute approximate surface area is 80.3 Å². The van der Waals surface area contributed by atoms with Crippen LogP contribution in [0.4, 0.5) is 0 Å². The highest BCUT2D eigenvalue weighted by Gasteiger charge is 2.10. The molecule has 0 bridgehead atoms. The van der Waals surface area contributed by atoms with Crippen molar-refractivity contribution in [3.8, 4) is 0 Å². The van der Waals surface area contributed by atoms with E-state index in [1.165, 1.54) is 0 Å². The van der Waals surface area contributed by atoms with Crippen molar-refractivity contribution in [2.45, 2.75) is 0 Å². The van der Waals surface area contributed by atoms with Gasteiger partial charge in [0.1, 0.15) is 4.60 Å². The first-order valence-electron chi connectivity index (χ1n) is 2.72. The molecule has 0 unspecified atom stereocenters. The van der Waals surface area contributed by atoms with Crippen molar-refractivity contribution in [1.82, 2.24) is 4.98 Å². The second kappa shape index (κ2) is 3.32. The lowest BCUT2D eigenvalue weighted by atomic mass is 10.3. The molecule has 0 aliphatic carbocycles. The van der Waals surface area contributed by atoms with Crippen molar-refractivity contribution < 1.29 is 4.79 Å². The molecule has 1 heterocycles. The van der Waals surface area contributed by atoms with E-state index in [0.29, 0.717) is 14.6 Å². The van der Waals surface area contributed by atoms with Crippen LogP contribution in [0.3, 0.4) is 0 Å². The first kappa shape index (κ1) is 8.67. The van der Waals surface area contributed by atoms with Gasteiger partial charge >= 0.3 is 0 Å². The van der Waals surface area contributed by atoms with Gasteiger partial charge in [0.25, 0.3) is 5.91 Å². The Morgan fingerprint density at radius 1 is 1.55 bits per heavy atom. The number of rotatable bonds is 1. The number of pyridine rings is 1. The van der Waals surface area contributed by atoms with E-state index in [4.69, 9.17) is 5.73 Å². The highest BCUT2D eigenvalue weighted by molar-refractivity contribution is 9.11. The molecule has 0 spiro atoms. The van der Waals surface area contributed by atoms with Gasteiger partial charge < -0.3 is 5.73 Å². The van der Waals surface area contributed by atoms with Gasteiger partial charge in [0, 0.05) is 10.7 Å². The summed E-state index contributed by atoms with van der Waals surface area (Å²) in [5.74, 6) is -0.503. The van der Waals surface area contributed by atoms with Crippen LogP contribution in [0.25, 0.3) is 0 Å². The molecule has 1 amide bonds. The number of hydrogen-bond donors (Lipinski definition) is 1. The van der Waals surface area contributed by atoms with Crippen LogP contribution >= 0.6 is 31.9 Å². The van der Waals surface area contributed by atoms with Crippen molar-refractivity contribution in [2.75, 3.05) is 0 Å². The Morgan fingerprint density at radius 3 is 2.55 bits per heavy atom. The van der Waals surface area contributed by atoms with Gasteiger partial charge in [-0.3, -0.25) is 4.79 Å². The third-order valence-corrected chi connectivity index (χ3v) is 2.36. The molecule has 0 aromatic carbocycles. The van der Waals surface area contributed by atoms with Crippen LogP contribution in [0, 0.1) is 0 Å². The molecule has 0 aliphatic rings. The topological polar surface area (TPSA) is 56.0 Å². The number of amides is 1. The lowest BCUT2D eigenvalue weighted by molar-refractivity contribution is 0.0998. The van der Waals surface area contributed by atoms with Gasteiger partial charge in [0.15, 0.2) is 0 Å². The standard InChI is InChI=1S/C6H4Br2N2O/c7-3-1-2-10-5(8)4(3)6(9)11/h1-2H,(H2,9,11). The third-order valence-electron chi connectivity index (χ3n) is 1.10. The Morgan fingerprint density at radius 2 is 2.18 bits per heavy atom. The Hall–Kier alpha value is -0.420. The van der Waals surface area contributed by atoms with E-state index >= 15 is 0 Å². The highest BCUT2D eigenvalue weighted by atomic mass is 79.9. The fourth-order valence-electron chi connectivity index (χ4n) is 0.634. The molecular formula is C6H4Br2N2O. The van der Waals surface area contributed by atoms with E-state index in [9.17, 15) is 4.79 Å². The summed E-state index contributed by atoms with van der Waals surface area (Å²) in [5.41, 5.74) is 5.44. The predicted molar refractivity (Wildman–Crippen MR) is 48.2 cm³/mol. The summed E-state index contributed by atoms with van der Waals surface area (Å²) in [6.07, 6.45) is 1.57. The number of halogens is 2. The fraction of sp³-hybridized carbons (Fsp3) is 0. The SMILES string of the molecule is NC(=O)c1c(Br)ccnc1Br. The molecule has 0 radical (unpaired) electrons. The van der Waals surface area contributed by atoms with Crippen LogP contribution in [0.15, 0.2) is 21.3 Å². The van der Waals surface area contributed by atoms with Gasteiger partial charge in [-0.25, -0.2) is 4.98 Å². The molecule has 0 fully saturated rings. The number of carbonyl (C=O) groups is 1. The zero-order valence-electron chi connectivity index (χ0n) is 5.34. The maximum Gasteiger partial charge on any atom is 0.252 e. The van der Waals surface area contributed by atoms with Gasteiger partial charge in [-0.1, -0.05) is 0 Å². The maximum absolute atomic E-state index is 10.8. The molecule has 2 N–H and O–H groups in total. The third kappa shape index (κ3) is 1.78. The van der Waals surface area contributed by atoms with E-state index in [0.717, 1.165) is 0 Å². The number of aromatic nitrogens is 1. The van der Waals surface area contributed by atoms with Crippen LogP contribution in [0.2, 0.25) is 0 Å². The Kier molecular flexibility index (Phi) is 2.62. The van der Waals surface area contributed by atoms with E-state index < -0.39 is 5.91 Å². The number of nitrogens with two attached hydrogens (primary N) is 1. The minimum atomic E-state index is -0.503. The molecule has 58 valence electrons. The van der Waals surface area contributed by atoms with E-state index in [1.54, 1.807) is 12.3 Å². The predicted octanol–water partition coefficient (Wildman–Crippen LogP) is 1.71. The van der Waals surface area contributed by atoms with Crippen LogP contribution < -0.4 is 5.73 Å². The number of hydrogen-bond acceptors (Lipinski definition) is 2. The van der Waals surface area contributed by atoms with Crippen LogP contribution in [-0.2, 0) is 0 Å². The van der Waals surface area contributed by atoms with Gasteiger partial charge in [0.05, 0.1) is 5.56 Å². The average molecular weight is 280 g/mol. The molecule has 1 aromatic rings. The van der Waals surface area contributed by atoms with Crippen LogP contribution in [-0.4, -0.2) is 10.9 Å². The monoisotopic (exact) mass is 278 g/mol. The summed E-state index contributed by atoms with van der Waals surface area (Å²) >= 11 is 6.28. The Balaban J connectivity index is 3.32. The largest absolute Gasteiger partial charge is 0.365 e. The van der Waals surface area contributed by atoms with Crippen molar-refractivity contribution in [1.29, 1.82) is 0 Å². The number of nitrogens with zero attached hydrogens (tertiary/aromatic N) is 1. The number of carbonyl (C=O) groups excluding carboxylic acids is 1. The molecule has 11 heavy (non-hydrogen) atoms. The summed E-state index contributed by atoms with van der Waals surface area (Å²) < 4.78 is 1.10. The summed E-state index contributed by atoms with van der Waals surface area (Å²) in [4.78, 5) is 14.6. The maximum atomic E-state index is 10.8. The molecule has 1 aromatic heterocycles. The second-order valence-electron chi connectivity index (χ2n) is 1.82. The van der Waals surface area contributed by atoms with Crippen molar-refractivity contribution in [2.24, 2.45) is 5.73 Å². The van der Waals surface area contributed by atoms with Gasteiger partial charge in [-0.05, 0) is 37.9 Å². The molecule has 5 heteroatoms. The van der Waals surface area contributed by atoms with Crippen molar-refractivity contribution in [3.05, 3.63) is 26.9 Å². The second-order valence-corrected chi connectivity index (χ2v) is 3.43. The van der Waals surface area contributed by atoms with Crippen molar-refractivity contribution >= 4 is 37.8 Å². The lowest BCUT2D eigenvalue weighted by Crippen LogP contribution is -2.13. The first-order chi connectivity index (χ1) is 5.13. The van der Waals surface area contributed by atoms with Gasteiger partial charge in [-0.2, -0.15) is 0 Å². The normalized spacial score (nSPS) is 9.64. The van der Waals surface area contributed by atoms with Crippen LogP contribution in [0.5, 0.6) is 0 Å². The molecule has 0 saturated carbocycles. The van der Waals surface area contributed by atoms with E-state index in [-0.39, 0.29) is 0 Å². The van der Waals surface area contributed by atoms with E-state index in [2.05, 4.69) is 36.8 Å². The first-order valence-corrected chi connectivity index (χ1v) is 4.31. The lowest BCUT2D eigenvalue weighted by Gasteiger charge is -1.99. The van der Waals surface area contributed by atoms with E-state index in [1.807, 2.05) is 0 Å². The summed E-state index contributed by atoms with van der Waals surface area (Å²) in [7, 11) is 0. The summed E-state index contributed by atoms with van der Waals surface area (Å²) in [6.45, 7) is 0. The fourth-order valence-corrected chi connectivity index (χ4v) is 1.93. The molecule has 0 aliphatic heterocycles. The minimum Gasteiger partial charge on any atom is -0.365 e. The quantitative estimate of drug-likeness (QED) is 0.796. The molecular weight excluding hydrogens is 276 g/mol. The minimum absolute atomic E-state index is 0.368. The highest BCUT2D eigenvalue weighted by Crippen LogP contribution is 2.21. The zero-order chi connectivity index (χ0) is 8.43. The zero-order valence-corrected chi connectivity index (χ0v) is 8.52.